The lowest BCUT2D eigenvalue weighted by Gasteiger charge is -2.30. The zero-order valence-electron chi connectivity index (χ0n) is 20.0. The summed E-state index contributed by atoms with van der Waals surface area (Å²) in [5, 5.41) is 0. The number of rotatable bonds is 9. The molecule has 0 N–H and O–H groups in total. The number of hydrogen-bond donors (Lipinski definition) is 0. The summed E-state index contributed by atoms with van der Waals surface area (Å²) < 4.78 is 75.5. The van der Waals surface area contributed by atoms with Crippen LogP contribution in [0, 0.1) is 23.3 Å². The Balaban J connectivity index is 1.52. The second-order valence-electron chi connectivity index (χ2n) is 8.68. The van der Waals surface area contributed by atoms with Gasteiger partial charge in [0.1, 0.15) is 6.61 Å². The summed E-state index contributed by atoms with van der Waals surface area (Å²) in [5.74, 6) is -4.69. The minimum Gasteiger partial charge on any atom is -0.486 e. The molecule has 0 spiro atoms. The van der Waals surface area contributed by atoms with Crippen molar-refractivity contribution >= 4 is 0 Å². The Hall–Kier alpha value is -3.16. The van der Waals surface area contributed by atoms with Crippen LogP contribution >= 0.6 is 0 Å². The monoisotopic (exact) mass is 500 g/mol. The van der Waals surface area contributed by atoms with Gasteiger partial charge in [0.05, 0.1) is 13.2 Å². The fourth-order valence-corrected chi connectivity index (χ4v) is 4.21. The summed E-state index contributed by atoms with van der Waals surface area (Å²) in [6.07, 6.45) is 3.90. The van der Waals surface area contributed by atoms with Gasteiger partial charge in [-0.05, 0) is 41.7 Å². The lowest BCUT2D eigenvalue weighted by molar-refractivity contribution is -0.190. The lowest BCUT2D eigenvalue weighted by Crippen LogP contribution is -2.31. The fraction of sp³-hybridized carbons (Fsp3) is 0.310. The van der Waals surface area contributed by atoms with Crippen LogP contribution in [0.1, 0.15) is 37.7 Å². The van der Waals surface area contributed by atoms with Crippen LogP contribution in [0.4, 0.5) is 17.6 Å². The number of unbranched alkanes of at least 4 members (excludes halogenated alkanes) is 1. The summed E-state index contributed by atoms with van der Waals surface area (Å²) >= 11 is 0. The van der Waals surface area contributed by atoms with Crippen LogP contribution in [-0.4, -0.2) is 26.1 Å². The van der Waals surface area contributed by atoms with Crippen molar-refractivity contribution in [2.45, 2.75) is 38.4 Å². The Morgan fingerprint density at radius 3 is 2.00 bits per heavy atom. The molecule has 3 aromatic carbocycles. The quantitative estimate of drug-likeness (QED) is 0.222. The topological polar surface area (TPSA) is 27.7 Å². The highest BCUT2D eigenvalue weighted by atomic mass is 19.2. The van der Waals surface area contributed by atoms with Gasteiger partial charge in [-0.1, -0.05) is 62.4 Å². The van der Waals surface area contributed by atoms with Gasteiger partial charge >= 0.3 is 0 Å². The summed E-state index contributed by atoms with van der Waals surface area (Å²) in [4.78, 5) is 0. The van der Waals surface area contributed by atoms with Crippen molar-refractivity contribution in [1.29, 1.82) is 0 Å². The number of halogens is 4. The highest BCUT2D eigenvalue weighted by Crippen LogP contribution is 2.34. The van der Waals surface area contributed by atoms with Crippen molar-refractivity contribution in [2.24, 2.45) is 0 Å². The van der Waals surface area contributed by atoms with E-state index < -0.39 is 29.2 Å². The van der Waals surface area contributed by atoms with Gasteiger partial charge in [0.15, 0.2) is 29.5 Å². The van der Waals surface area contributed by atoms with Gasteiger partial charge in [0.2, 0.25) is 5.82 Å². The first kappa shape index (κ1) is 25.9. The average Bonchev–Trinajstić information content (AvgIpc) is 2.90. The molecule has 3 aromatic rings. The molecule has 3 nitrogen and oxygen atoms in total. The second kappa shape index (κ2) is 11.7. The number of benzene rings is 3. The van der Waals surface area contributed by atoms with Gasteiger partial charge in [-0.2, -0.15) is 4.39 Å². The molecule has 1 saturated heterocycles. The van der Waals surface area contributed by atoms with Crippen LogP contribution in [0.25, 0.3) is 22.3 Å². The molecule has 0 unspecified atom stereocenters. The molecule has 0 saturated carbocycles. The third kappa shape index (κ3) is 5.47. The molecule has 1 fully saturated rings. The van der Waals surface area contributed by atoms with E-state index in [1.807, 2.05) is 0 Å². The summed E-state index contributed by atoms with van der Waals surface area (Å²) in [5.41, 5.74) is 1.10. The molecule has 7 heteroatoms. The Labute approximate surface area is 208 Å². The second-order valence-corrected chi connectivity index (χ2v) is 8.68. The smallest absolute Gasteiger partial charge is 0.201 e. The van der Waals surface area contributed by atoms with Crippen molar-refractivity contribution in [3.8, 4) is 28.0 Å². The minimum atomic E-state index is -1.10. The number of ether oxygens (including phenoxy) is 3. The van der Waals surface area contributed by atoms with Crippen LogP contribution in [0.15, 0.2) is 61.2 Å². The standard InChI is InChI=1S/C29H28F4O3/c1-3-5-6-25-35-16-20(17-36-25)23-12-11-21(26(30)27(23)31)18-7-9-19(10-8-18)22-13-14-24(34-15-4-2)29(33)28(22)32/h4,7-14,20,25H,2-3,5-6,15-17H2,1H3. The summed E-state index contributed by atoms with van der Waals surface area (Å²) in [7, 11) is 0. The predicted octanol–water partition coefficient (Wildman–Crippen LogP) is 7.79. The van der Waals surface area contributed by atoms with E-state index in [0.29, 0.717) is 11.1 Å². The Bertz CT molecular complexity index is 1200. The third-order valence-electron chi connectivity index (χ3n) is 6.22. The molecule has 190 valence electrons. The first-order valence-electron chi connectivity index (χ1n) is 12.0. The molecular weight excluding hydrogens is 472 g/mol. The van der Waals surface area contributed by atoms with Crippen LogP contribution < -0.4 is 4.74 Å². The van der Waals surface area contributed by atoms with Crippen LogP contribution in [-0.2, 0) is 9.47 Å². The molecule has 0 radical (unpaired) electrons. The van der Waals surface area contributed by atoms with E-state index in [2.05, 4.69) is 13.5 Å². The Morgan fingerprint density at radius 1 is 0.833 bits per heavy atom. The largest absolute Gasteiger partial charge is 0.486 e. The van der Waals surface area contributed by atoms with Gasteiger partial charge in [0, 0.05) is 17.0 Å². The van der Waals surface area contributed by atoms with Gasteiger partial charge in [-0.3, -0.25) is 0 Å². The third-order valence-corrected chi connectivity index (χ3v) is 6.22. The molecule has 0 atom stereocenters. The van der Waals surface area contributed by atoms with Crippen LogP contribution in [0.5, 0.6) is 5.75 Å². The maximum Gasteiger partial charge on any atom is 0.201 e. The average molecular weight is 501 g/mol. The molecule has 0 aliphatic carbocycles. The van der Waals surface area contributed by atoms with Crippen molar-refractivity contribution in [3.63, 3.8) is 0 Å². The molecule has 36 heavy (non-hydrogen) atoms. The van der Waals surface area contributed by atoms with Gasteiger partial charge in [-0.15, -0.1) is 0 Å². The molecule has 0 amide bonds. The van der Waals surface area contributed by atoms with E-state index in [-0.39, 0.29) is 48.6 Å². The minimum absolute atomic E-state index is 0.0292. The molecule has 1 aliphatic rings. The summed E-state index contributed by atoms with van der Waals surface area (Å²) in [6.45, 7) is 6.13. The zero-order chi connectivity index (χ0) is 25.7. The lowest BCUT2D eigenvalue weighted by atomic mass is 9.94. The van der Waals surface area contributed by atoms with E-state index in [0.717, 1.165) is 19.3 Å². The highest BCUT2D eigenvalue weighted by molar-refractivity contribution is 5.72. The van der Waals surface area contributed by atoms with Gasteiger partial charge in [0.25, 0.3) is 0 Å². The molecule has 1 aliphatic heterocycles. The van der Waals surface area contributed by atoms with E-state index in [1.54, 1.807) is 6.07 Å². The van der Waals surface area contributed by atoms with Crippen molar-refractivity contribution in [3.05, 3.63) is 90.0 Å². The Kier molecular flexibility index (Phi) is 8.44. The highest BCUT2D eigenvalue weighted by Gasteiger charge is 2.27. The van der Waals surface area contributed by atoms with Crippen molar-refractivity contribution in [1.82, 2.24) is 0 Å². The molecule has 4 rings (SSSR count). The first-order chi connectivity index (χ1) is 17.4. The van der Waals surface area contributed by atoms with E-state index in [9.17, 15) is 8.78 Å². The van der Waals surface area contributed by atoms with Crippen LogP contribution in [0.2, 0.25) is 0 Å². The van der Waals surface area contributed by atoms with Gasteiger partial charge < -0.3 is 14.2 Å². The predicted molar refractivity (Wildman–Crippen MR) is 131 cm³/mol. The van der Waals surface area contributed by atoms with E-state index in [4.69, 9.17) is 14.2 Å². The van der Waals surface area contributed by atoms with E-state index in [1.165, 1.54) is 48.5 Å². The van der Waals surface area contributed by atoms with Crippen LogP contribution in [0.3, 0.4) is 0 Å². The molecular formula is C29H28F4O3. The maximum absolute atomic E-state index is 15.0. The van der Waals surface area contributed by atoms with E-state index >= 15 is 8.78 Å². The maximum atomic E-state index is 15.0. The van der Waals surface area contributed by atoms with Crippen molar-refractivity contribution in [2.75, 3.05) is 19.8 Å². The summed E-state index contributed by atoms with van der Waals surface area (Å²) in [6, 6.07) is 11.9. The SMILES string of the molecule is C=CCOc1ccc(-c2ccc(-c3ccc(C4COC(CCCC)OC4)c(F)c3F)cc2)c(F)c1F. The molecule has 1 heterocycles. The first-order valence-corrected chi connectivity index (χ1v) is 12.0. The normalized spacial score (nSPS) is 17.7. The fourth-order valence-electron chi connectivity index (χ4n) is 4.21. The molecule has 0 bridgehead atoms. The van der Waals surface area contributed by atoms with Gasteiger partial charge in [-0.25, -0.2) is 13.2 Å². The number of hydrogen-bond acceptors (Lipinski definition) is 3. The zero-order valence-corrected chi connectivity index (χ0v) is 20.0. The van der Waals surface area contributed by atoms with Crippen molar-refractivity contribution < 1.29 is 31.8 Å². The molecule has 0 aromatic heterocycles. The Morgan fingerprint density at radius 2 is 1.42 bits per heavy atom.